The summed E-state index contributed by atoms with van der Waals surface area (Å²) in [5.41, 5.74) is 1.86. The average molecular weight is 290 g/mol. The van der Waals surface area contributed by atoms with Crippen LogP contribution in [0.3, 0.4) is 0 Å². The molecule has 0 bridgehead atoms. The molecule has 2 rings (SSSR count). The second-order valence-corrected chi connectivity index (χ2v) is 5.17. The molecule has 0 unspecified atom stereocenters. The molecular formula is C15H22N4O2. The molecule has 0 aromatic carbocycles. The molecule has 0 aliphatic rings. The molecule has 0 saturated carbocycles. The maximum Gasteiger partial charge on any atom is 0.264 e. The van der Waals surface area contributed by atoms with Gasteiger partial charge < -0.3 is 14.6 Å². The first kappa shape index (κ1) is 15.4. The summed E-state index contributed by atoms with van der Waals surface area (Å²) in [6.07, 6.45) is 0. The van der Waals surface area contributed by atoms with Gasteiger partial charge in [-0.2, -0.15) is 4.98 Å². The van der Waals surface area contributed by atoms with Gasteiger partial charge >= 0.3 is 0 Å². The zero-order valence-corrected chi connectivity index (χ0v) is 13.0. The van der Waals surface area contributed by atoms with Gasteiger partial charge in [-0.1, -0.05) is 25.9 Å². The summed E-state index contributed by atoms with van der Waals surface area (Å²) >= 11 is 0. The van der Waals surface area contributed by atoms with Crippen molar-refractivity contribution in [2.24, 2.45) is 0 Å². The molecule has 6 nitrogen and oxygen atoms in total. The number of ether oxygens (including phenoxy) is 1. The molecule has 0 aliphatic carbocycles. The standard InChI is InChI=1S/C15H22N4O2/c1-5-16-8-12-13(7-6-11(4)17-12)20-9-14-18-15(10(2)3)19-21-14/h6-7,10,16H,5,8-9H2,1-4H3. The van der Waals surface area contributed by atoms with Gasteiger partial charge in [0.25, 0.3) is 5.89 Å². The van der Waals surface area contributed by atoms with E-state index in [2.05, 4.69) is 27.4 Å². The van der Waals surface area contributed by atoms with Crippen molar-refractivity contribution in [3.63, 3.8) is 0 Å². The van der Waals surface area contributed by atoms with Crippen LogP contribution in [0.15, 0.2) is 16.7 Å². The number of aromatic nitrogens is 3. The van der Waals surface area contributed by atoms with Crippen molar-refractivity contribution in [3.8, 4) is 5.75 Å². The number of nitrogens with zero attached hydrogens (tertiary/aromatic N) is 3. The van der Waals surface area contributed by atoms with Gasteiger partial charge in [-0.05, 0) is 25.6 Å². The van der Waals surface area contributed by atoms with E-state index in [0.29, 0.717) is 18.3 Å². The minimum Gasteiger partial charge on any atom is -0.482 e. The van der Waals surface area contributed by atoms with Crippen LogP contribution >= 0.6 is 0 Å². The van der Waals surface area contributed by atoms with Crippen molar-refractivity contribution >= 4 is 0 Å². The monoisotopic (exact) mass is 290 g/mol. The molecule has 0 spiro atoms. The van der Waals surface area contributed by atoms with Gasteiger partial charge in [0.2, 0.25) is 0 Å². The van der Waals surface area contributed by atoms with Gasteiger partial charge in [0.15, 0.2) is 12.4 Å². The van der Waals surface area contributed by atoms with Crippen molar-refractivity contribution in [2.75, 3.05) is 6.54 Å². The maximum absolute atomic E-state index is 5.77. The summed E-state index contributed by atoms with van der Waals surface area (Å²) in [5.74, 6) is 2.16. The Hall–Kier alpha value is -1.95. The topological polar surface area (TPSA) is 73.1 Å². The lowest BCUT2D eigenvalue weighted by Gasteiger charge is -2.10. The fraction of sp³-hybridized carbons (Fsp3) is 0.533. The molecule has 21 heavy (non-hydrogen) atoms. The van der Waals surface area contributed by atoms with Crippen LogP contribution in [-0.4, -0.2) is 21.7 Å². The highest BCUT2D eigenvalue weighted by molar-refractivity contribution is 5.29. The van der Waals surface area contributed by atoms with E-state index in [1.54, 1.807) is 0 Å². The second kappa shape index (κ2) is 7.17. The maximum atomic E-state index is 5.77. The zero-order valence-electron chi connectivity index (χ0n) is 13.0. The highest BCUT2D eigenvalue weighted by atomic mass is 16.5. The quantitative estimate of drug-likeness (QED) is 0.845. The molecule has 2 aromatic rings. The van der Waals surface area contributed by atoms with Crippen LogP contribution in [0.2, 0.25) is 0 Å². The van der Waals surface area contributed by atoms with Crippen molar-refractivity contribution in [3.05, 3.63) is 35.2 Å². The second-order valence-electron chi connectivity index (χ2n) is 5.17. The number of nitrogens with one attached hydrogen (secondary N) is 1. The van der Waals surface area contributed by atoms with Gasteiger partial charge in [-0.25, -0.2) is 0 Å². The Morgan fingerprint density at radius 2 is 2.10 bits per heavy atom. The lowest BCUT2D eigenvalue weighted by Crippen LogP contribution is -2.14. The van der Waals surface area contributed by atoms with E-state index in [-0.39, 0.29) is 12.5 Å². The number of aryl methyl sites for hydroxylation is 1. The minimum absolute atomic E-state index is 0.243. The van der Waals surface area contributed by atoms with Gasteiger partial charge in [-0.15, -0.1) is 0 Å². The number of hydrogen-bond acceptors (Lipinski definition) is 6. The predicted octanol–water partition coefficient (Wildman–Crippen LogP) is 2.58. The fourth-order valence-corrected chi connectivity index (χ4v) is 1.80. The summed E-state index contributed by atoms with van der Waals surface area (Å²) < 4.78 is 10.9. The molecule has 0 amide bonds. The van der Waals surface area contributed by atoms with Crippen molar-refractivity contribution in [1.29, 1.82) is 0 Å². The lowest BCUT2D eigenvalue weighted by atomic mass is 10.2. The molecule has 0 saturated heterocycles. The van der Waals surface area contributed by atoms with E-state index in [0.717, 1.165) is 23.7 Å². The first-order valence-electron chi connectivity index (χ1n) is 7.22. The molecular weight excluding hydrogens is 268 g/mol. The molecule has 0 atom stereocenters. The van der Waals surface area contributed by atoms with Crippen LogP contribution in [0.1, 0.15) is 49.8 Å². The third-order valence-corrected chi connectivity index (χ3v) is 2.97. The van der Waals surface area contributed by atoms with Crippen LogP contribution in [-0.2, 0) is 13.2 Å². The Bertz CT molecular complexity index is 581. The Morgan fingerprint density at radius 3 is 2.76 bits per heavy atom. The van der Waals surface area contributed by atoms with Crippen LogP contribution < -0.4 is 10.1 Å². The van der Waals surface area contributed by atoms with Gasteiger partial charge in [0.05, 0.1) is 5.69 Å². The van der Waals surface area contributed by atoms with Crippen LogP contribution in [0.25, 0.3) is 0 Å². The fourth-order valence-electron chi connectivity index (χ4n) is 1.80. The van der Waals surface area contributed by atoms with Crippen molar-refractivity contribution in [1.82, 2.24) is 20.4 Å². The van der Waals surface area contributed by atoms with Crippen LogP contribution in [0.5, 0.6) is 5.75 Å². The summed E-state index contributed by atoms with van der Waals surface area (Å²) in [6.45, 7) is 9.88. The molecule has 114 valence electrons. The number of hydrogen-bond donors (Lipinski definition) is 1. The largest absolute Gasteiger partial charge is 0.482 e. The molecule has 0 fully saturated rings. The van der Waals surface area contributed by atoms with Crippen molar-refractivity contribution in [2.45, 2.75) is 46.8 Å². The first-order chi connectivity index (χ1) is 10.1. The molecule has 0 radical (unpaired) electrons. The van der Waals surface area contributed by atoms with Gasteiger partial charge in [0.1, 0.15) is 5.75 Å². The van der Waals surface area contributed by atoms with Gasteiger partial charge in [0, 0.05) is 18.2 Å². The molecule has 0 aliphatic heterocycles. The minimum atomic E-state index is 0.243. The Kier molecular flexibility index (Phi) is 5.27. The Morgan fingerprint density at radius 1 is 1.29 bits per heavy atom. The smallest absolute Gasteiger partial charge is 0.264 e. The summed E-state index contributed by atoms with van der Waals surface area (Å²) in [6, 6.07) is 3.85. The normalized spacial score (nSPS) is 11.1. The van der Waals surface area contributed by atoms with Crippen molar-refractivity contribution < 1.29 is 9.26 Å². The predicted molar refractivity (Wildman–Crippen MR) is 79.1 cm³/mol. The van der Waals surface area contributed by atoms with Crippen LogP contribution in [0.4, 0.5) is 0 Å². The number of pyridine rings is 1. The Balaban J connectivity index is 2.04. The highest BCUT2D eigenvalue weighted by Crippen LogP contribution is 2.18. The zero-order chi connectivity index (χ0) is 15.2. The first-order valence-corrected chi connectivity index (χ1v) is 7.22. The van der Waals surface area contributed by atoms with E-state index in [4.69, 9.17) is 9.26 Å². The van der Waals surface area contributed by atoms with Crippen LogP contribution in [0, 0.1) is 6.92 Å². The average Bonchev–Trinajstić information content (AvgIpc) is 2.93. The lowest BCUT2D eigenvalue weighted by molar-refractivity contribution is 0.239. The van der Waals surface area contributed by atoms with E-state index in [9.17, 15) is 0 Å². The summed E-state index contributed by atoms with van der Waals surface area (Å²) in [4.78, 5) is 8.80. The summed E-state index contributed by atoms with van der Waals surface area (Å²) in [7, 11) is 0. The third kappa shape index (κ3) is 4.26. The molecule has 6 heteroatoms. The van der Waals surface area contributed by atoms with E-state index < -0.39 is 0 Å². The SMILES string of the molecule is CCNCc1nc(C)ccc1OCc1nc(C(C)C)no1. The number of rotatable bonds is 7. The van der Waals surface area contributed by atoms with E-state index >= 15 is 0 Å². The molecule has 1 N–H and O–H groups in total. The molecule has 2 aromatic heterocycles. The van der Waals surface area contributed by atoms with Gasteiger partial charge in [-0.3, -0.25) is 4.98 Å². The van der Waals surface area contributed by atoms with E-state index in [1.807, 2.05) is 32.9 Å². The highest BCUT2D eigenvalue weighted by Gasteiger charge is 2.12. The molecule has 2 heterocycles. The van der Waals surface area contributed by atoms with E-state index in [1.165, 1.54) is 0 Å². The Labute approximate surface area is 124 Å². The third-order valence-electron chi connectivity index (χ3n) is 2.97. The summed E-state index contributed by atoms with van der Waals surface area (Å²) in [5, 5.41) is 7.18.